The molecule has 0 saturated heterocycles. The highest BCUT2D eigenvalue weighted by Gasteiger charge is 2.18. The quantitative estimate of drug-likeness (QED) is 0.189. The Balaban J connectivity index is 0.000000405. The molecular weight excluding hydrogens is 439 g/mol. The number of rotatable bonds is 7. The molecule has 172 valence electrons. The highest BCUT2D eigenvalue weighted by atomic mass is 31.2. The first-order valence-electron chi connectivity index (χ1n) is 10.1. The maximum Gasteiger partial charge on any atom is 0.524 e. The highest BCUT2D eigenvalue weighted by molar-refractivity contribution is 7.46. The van der Waals surface area contributed by atoms with Crippen molar-refractivity contribution in [2.45, 2.75) is 19.8 Å². The van der Waals surface area contributed by atoms with Crippen molar-refractivity contribution in [3.05, 3.63) is 114 Å². The number of phosphoric acid groups is 1. The Bertz CT molecular complexity index is 1130. The van der Waals surface area contributed by atoms with Gasteiger partial charge in [0, 0.05) is 17.1 Å². The van der Waals surface area contributed by atoms with Gasteiger partial charge >= 0.3 is 13.8 Å². The van der Waals surface area contributed by atoms with Crippen LogP contribution >= 0.6 is 7.82 Å². The van der Waals surface area contributed by atoms with Crippen molar-refractivity contribution in [2.24, 2.45) is 0 Å². The van der Waals surface area contributed by atoms with Crippen LogP contribution in [0, 0.1) is 0 Å². The normalized spacial score (nSPS) is 11.4. The Kier molecular flexibility index (Phi) is 9.37. The summed E-state index contributed by atoms with van der Waals surface area (Å²) in [5.74, 6) is -0.0897. The third-order valence-electron chi connectivity index (χ3n) is 4.58. The van der Waals surface area contributed by atoms with E-state index < -0.39 is 13.8 Å². The predicted molar refractivity (Wildman–Crippen MR) is 130 cm³/mol. The molecule has 0 fully saturated rings. The molecule has 1 unspecified atom stereocenters. The van der Waals surface area contributed by atoms with Crippen LogP contribution in [0.15, 0.2) is 97.6 Å². The maximum atomic E-state index is 11.8. The SMILES string of the molecule is C=C(C)C(=O)Oc1ccccc1C(C)c1ccc(OP(=O)(O)O)cc1.C=Cc1ccccc1. The van der Waals surface area contributed by atoms with Crippen LogP contribution in [0.25, 0.3) is 6.08 Å². The van der Waals surface area contributed by atoms with E-state index in [-0.39, 0.29) is 11.7 Å². The molecule has 0 aromatic heterocycles. The predicted octanol–water partition coefficient (Wildman–Crippen LogP) is 6.12. The second-order valence-corrected chi connectivity index (χ2v) is 8.36. The van der Waals surface area contributed by atoms with E-state index in [9.17, 15) is 9.36 Å². The van der Waals surface area contributed by atoms with E-state index in [1.165, 1.54) is 17.7 Å². The molecule has 0 radical (unpaired) electrons. The van der Waals surface area contributed by atoms with E-state index in [0.29, 0.717) is 11.3 Å². The van der Waals surface area contributed by atoms with Gasteiger partial charge in [0.2, 0.25) is 0 Å². The zero-order valence-electron chi connectivity index (χ0n) is 18.5. The van der Waals surface area contributed by atoms with Crippen molar-refractivity contribution in [3.8, 4) is 11.5 Å². The first-order valence-corrected chi connectivity index (χ1v) is 11.6. The van der Waals surface area contributed by atoms with Gasteiger partial charge in [-0.15, -0.1) is 0 Å². The average molecular weight is 466 g/mol. The van der Waals surface area contributed by atoms with Crippen molar-refractivity contribution >= 4 is 19.9 Å². The number of carbonyl (C=O) groups excluding carboxylic acids is 1. The molecule has 33 heavy (non-hydrogen) atoms. The molecule has 6 nitrogen and oxygen atoms in total. The van der Waals surface area contributed by atoms with Crippen LogP contribution in [0.4, 0.5) is 0 Å². The monoisotopic (exact) mass is 466 g/mol. The van der Waals surface area contributed by atoms with Crippen molar-refractivity contribution in [1.82, 2.24) is 0 Å². The fourth-order valence-electron chi connectivity index (χ4n) is 2.84. The van der Waals surface area contributed by atoms with E-state index in [2.05, 4.69) is 17.7 Å². The molecule has 0 amide bonds. The minimum Gasteiger partial charge on any atom is -0.423 e. The molecule has 7 heteroatoms. The number of ether oxygens (including phenoxy) is 1. The standard InChI is InChI=1S/C18H19O6P.C8H8/c1-12(2)18(19)23-17-7-5-4-6-16(17)13(3)14-8-10-15(11-9-14)24-25(20,21)22;1-2-8-6-4-3-5-7-8/h4-11,13H,1H2,2-3H3,(H2,20,21,22);2-7H,1H2. The summed E-state index contributed by atoms with van der Waals surface area (Å²) in [6, 6.07) is 23.6. The van der Waals surface area contributed by atoms with Gasteiger partial charge in [0.05, 0.1) is 0 Å². The summed E-state index contributed by atoms with van der Waals surface area (Å²) in [6.07, 6.45) is 1.83. The fraction of sp³-hybridized carbons (Fsp3) is 0.115. The Labute approximate surface area is 194 Å². The molecule has 1 atom stereocenters. The van der Waals surface area contributed by atoms with Crippen molar-refractivity contribution in [3.63, 3.8) is 0 Å². The van der Waals surface area contributed by atoms with Gasteiger partial charge in [0.1, 0.15) is 11.5 Å². The fourth-order valence-corrected chi connectivity index (χ4v) is 3.24. The lowest BCUT2D eigenvalue weighted by molar-refractivity contribution is -0.130. The van der Waals surface area contributed by atoms with Crippen molar-refractivity contribution in [2.75, 3.05) is 0 Å². The number of carbonyl (C=O) groups is 1. The summed E-state index contributed by atoms with van der Waals surface area (Å²) < 4.78 is 20.8. The second-order valence-electron chi connectivity index (χ2n) is 7.20. The molecule has 0 aliphatic carbocycles. The number of para-hydroxylation sites is 1. The van der Waals surface area contributed by atoms with Crippen LogP contribution in [-0.4, -0.2) is 15.8 Å². The van der Waals surface area contributed by atoms with Gasteiger partial charge < -0.3 is 9.26 Å². The van der Waals surface area contributed by atoms with Crippen LogP contribution < -0.4 is 9.26 Å². The average Bonchev–Trinajstić information content (AvgIpc) is 2.79. The van der Waals surface area contributed by atoms with Gasteiger partial charge in [0.25, 0.3) is 0 Å². The summed E-state index contributed by atoms with van der Waals surface area (Å²) in [5.41, 5.74) is 3.16. The molecule has 0 saturated carbocycles. The molecule has 0 heterocycles. The Morgan fingerprint density at radius 2 is 1.55 bits per heavy atom. The van der Waals surface area contributed by atoms with Gasteiger partial charge in [-0.05, 0) is 36.2 Å². The largest absolute Gasteiger partial charge is 0.524 e. The summed E-state index contributed by atoms with van der Waals surface area (Å²) >= 11 is 0. The lowest BCUT2D eigenvalue weighted by Crippen LogP contribution is -2.10. The molecular formula is C26H27O6P. The van der Waals surface area contributed by atoms with E-state index >= 15 is 0 Å². The lowest BCUT2D eigenvalue weighted by Gasteiger charge is -2.17. The van der Waals surface area contributed by atoms with Crippen LogP contribution in [0.1, 0.15) is 36.5 Å². The minimum absolute atomic E-state index is 0.0753. The molecule has 0 spiro atoms. The number of esters is 1. The van der Waals surface area contributed by atoms with E-state index in [0.717, 1.165) is 11.1 Å². The van der Waals surface area contributed by atoms with Gasteiger partial charge in [0.15, 0.2) is 0 Å². The molecule has 3 aromatic rings. The van der Waals surface area contributed by atoms with E-state index in [1.54, 1.807) is 31.2 Å². The highest BCUT2D eigenvalue weighted by Crippen LogP contribution is 2.38. The van der Waals surface area contributed by atoms with Gasteiger partial charge in [-0.1, -0.05) is 86.8 Å². The number of hydrogen-bond donors (Lipinski definition) is 2. The molecule has 0 aliphatic rings. The summed E-state index contributed by atoms with van der Waals surface area (Å²) in [7, 11) is -4.58. The Hall–Kier alpha value is -3.44. The molecule has 0 aliphatic heterocycles. The van der Waals surface area contributed by atoms with Crippen LogP contribution in [0.3, 0.4) is 0 Å². The van der Waals surface area contributed by atoms with Crippen LogP contribution in [0.2, 0.25) is 0 Å². The molecule has 0 bridgehead atoms. The zero-order valence-corrected chi connectivity index (χ0v) is 19.4. The molecule has 3 rings (SSSR count). The molecule has 2 N–H and O–H groups in total. The minimum atomic E-state index is -4.58. The third-order valence-corrected chi connectivity index (χ3v) is 5.02. The Morgan fingerprint density at radius 1 is 0.970 bits per heavy atom. The van der Waals surface area contributed by atoms with Gasteiger partial charge in [-0.25, -0.2) is 9.36 Å². The van der Waals surface area contributed by atoms with Gasteiger partial charge in [-0.3, -0.25) is 9.79 Å². The van der Waals surface area contributed by atoms with E-state index in [4.69, 9.17) is 14.5 Å². The number of hydrogen-bond acceptors (Lipinski definition) is 4. The van der Waals surface area contributed by atoms with Crippen molar-refractivity contribution < 1.29 is 28.4 Å². The first kappa shape index (κ1) is 25.8. The summed E-state index contributed by atoms with van der Waals surface area (Å²) in [5, 5.41) is 0. The number of benzene rings is 3. The van der Waals surface area contributed by atoms with Gasteiger partial charge in [-0.2, -0.15) is 0 Å². The summed E-state index contributed by atoms with van der Waals surface area (Å²) in [4.78, 5) is 29.4. The topological polar surface area (TPSA) is 93.1 Å². The molecule has 3 aromatic carbocycles. The van der Waals surface area contributed by atoms with Crippen LogP contribution in [-0.2, 0) is 9.36 Å². The Morgan fingerprint density at radius 3 is 2.06 bits per heavy atom. The summed E-state index contributed by atoms with van der Waals surface area (Å²) in [6.45, 7) is 10.7. The smallest absolute Gasteiger partial charge is 0.423 e. The van der Waals surface area contributed by atoms with Crippen molar-refractivity contribution in [1.29, 1.82) is 0 Å². The lowest BCUT2D eigenvalue weighted by atomic mass is 9.92. The second kappa shape index (κ2) is 12.0. The van der Waals surface area contributed by atoms with Crippen LogP contribution in [0.5, 0.6) is 11.5 Å². The number of phosphoric ester groups is 1. The van der Waals surface area contributed by atoms with E-state index in [1.807, 2.05) is 55.5 Å². The first-order chi connectivity index (χ1) is 15.6. The maximum absolute atomic E-state index is 11.8. The third kappa shape index (κ3) is 8.54. The zero-order chi connectivity index (χ0) is 24.4.